The third kappa shape index (κ3) is 2.29. The van der Waals surface area contributed by atoms with Crippen LogP contribution in [0.1, 0.15) is 19.7 Å². The van der Waals surface area contributed by atoms with Gasteiger partial charge in [-0.25, -0.2) is 9.78 Å². The van der Waals surface area contributed by atoms with Crippen LogP contribution in [0.15, 0.2) is 35.4 Å². The molecule has 0 saturated heterocycles. The van der Waals surface area contributed by atoms with E-state index in [1.165, 1.54) is 0 Å². The normalized spacial score (nSPS) is 11.5. The molecule has 3 aromatic heterocycles. The van der Waals surface area contributed by atoms with Crippen molar-refractivity contribution in [2.45, 2.75) is 33.9 Å². The van der Waals surface area contributed by atoms with Gasteiger partial charge in [-0.05, 0) is 39.0 Å². The summed E-state index contributed by atoms with van der Waals surface area (Å²) in [6.07, 6.45) is 3.54. The Morgan fingerprint density at radius 1 is 1.08 bits per heavy atom. The van der Waals surface area contributed by atoms with Crippen LogP contribution >= 0.6 is 0 Å². The molecule has 4 aromatic rings. The van der Waals surface area contributed by atoms with Gasteiger partial charge in [0.05, 0.1) is 11.0 Å². The zero-order chi connectivity index (χ0) is 17.6. The summed E-state index contributed by atoms with van der Waals surface area (Å²) in [6, 6.07) is 5.88. The number of anilines is 2. The van der Waals surface area contributed by atoms with Gasteiger partial charge >= 0.3 is 5.69 Å². The Morgan fingerprint density at radius 3 is 2.60 bits per heavy atom. The molecule has 0 unspecified atom stereocenters. The molecule has 0 amide bonds. The van der Waals surface area contributed by atoms with Gasteiger partial charge in [0.25, 0.3) is 0 Å². The van der Waals surface area contributed by atoms with Gasteiger partial charge in [0.2, 0.25) is 5.65 Å². The van der Waals surface area contributed by atoms with E-state index in [1.54, 1.807) is 15.3 Å². The maximum Gasteiger partial charge on any atom is 0.329 e. The molecule has 4 rings (SSSR count). The van der Waals surface area contributed by atoms with Crippen LogP contribution in [0, 0.1) is 6.92 Å². The molecule has 1 N–H and O–H groups in total. The average Bonchev–Trinajstić information content (AvgIpc) is 3.12. The molecular formula is C17H19N7O. The highest BCUT2D eigenvalue weighted by Gasteiger charge is 2.13. The van der Waals surface area contributed by atoms with E-state index in [0.29, 0.717) is 24.6 Å². The standard InChI is InChI=1S/C17H19N7O/c1-4-22-13-7-6-12(10-14(13)23(5-2)17(22)25)19-15-16-21-20-11(3)24(16)9-8-18-15/h6-10H,4-5H2,1-3H3,(H,18,19). The smallest absolute Gasteiger partial charge is 0.329 e. The van der Waals surface area contributed by atoms with Crippen LogP contribution in [-0.2, 0) is 13.1 Å². The molecule has 0 radical (unpaired) electrons. The van der Waals surface area contributed by atoms with E-state index in [9.17, 15) is 4.79 Å². The highest BCUT2D eigenvalue weighted by molar-refractivity contribution is 5.82. The van der Waals surface area contributed by atoms with Crippen LogP contribution in [0.4, 0.5) is 11.5 Å². The molecule has 0 spiro atoms. The highest BCUT2D eigenvalue weighted by Crippen LogP contribution is 2.23. The summed E-state index contributed by atoms with van der Waals surface area (Å²) in [5, 5.41) is 11.5. The number of benzene rings is 1. The minimum Gasteiger partial charge on any atom is -0.337 e. The predicted molar refractivity (Wildman–Crippen MR) is 96.3 cm³/mol. The quantitative estimate of drug-likeness (QED) is 0.618. The van der Waals surface area contributed by atoms with E-state index >= 15 is 0 Å². The van der Waals surface area contributed by atoms with E-state index in [2.05, 4.69) is 20.5 Å². The van der Waals surface area contributed by atoms with Crippen molar-refractivity contribution in [3.63, 3.8) is 0 Å². The Kier molecular flexibility index (Phi) is 3.52. The lowest BCUT2D eigenvalue weighted by atomic mass is 10.2. The lowest BCUT2D eigenvalue weighted by Gasteiger charge is -2.07. The van der Waals surface area contributed by atoms with E-state index in [1.807, 2.05) is 49.6 Å². The number of rotatable bonds is 4. The van der Waals surface area contributed by atoms with Gasteiger partial charge in [-0.3, -0.25) is 13.5 Å². The Bertz CT molecular complexity index is 1140. The van der Waals surface area contributed by atoms with Crippen LogP contribution in [0.3, 0.4) is 0 Å². The molecule has 0 saturated carbocycles. The van der Waals surface area contributed by atoms with Crippen molar-refractivity contribution in [1.29, 1.82) is 0 Å². The molecule has 128 valence electrons. The van der Waals surface area contributed by atoms with Crippen LogP contribution in [0.2, 0.25) is 0 Å². The summed E-state index contributed by atoms with van der Waals surface area (Å²) in [7, 11) is 0. The zero-order valence-electron chi connectivity index (χ0n) is 14.4. The molecule has 25 heavy (non-hydrogen) atoms. The Labute approximate surface area is 143 Å². The molecular weight excluding hydrogens is 318 g/mol. The Hall–Kier alpha value is -3.16. The summed E-state index contributed by atoms with van der Waals surface area (Å²) >= 11 is 0. The SMILES string of the molecule is CCn1c(=O)n(CC)c2cc(Nc3nccn4c(C)nnc34)ccc21. The number of imidazole rings is 1. The third-order valence-corrected chi connectivity index (χ3v) is 4.41. The van der Waals surface area contributed by atoms with Crippen LogP contribution < -0.4 is 11.0 Å². The second kappa shape index (κ2) is 5.73. The molecule has 0 aliphatic carbocycles. The number of nitrogens with zero attached hydrogens (tertiary/aromatic N) is 6. The maximum absolute atomic E-state index is 12.5. The summed E-state index contributed by atoms with van der Waals surface area (Å²) in [5.74, 6) is 1.43. The minimum atomic E-state index is 0.0189. The molecule has 8 heteroatoms. The largest absolute Gasteiger partial charge is 0.337 e. The first kappa shape index (κ1) is 15.4. The Balaban J connectivity index is 1.83. The van der Waals surface area contributed by atoms with Gasteiger partial charge in [0.15, 0.2) is 5.82 Å². The molecule has 3 heterocycles. The third-order valence-electron chi connectivity index (χ3n) is 4.41. The molecule has 8 nitrogen and oxygen atoms in total. The van der Waals surface area contributed by atoms with Crippen molar-refractivity contribution in [3.8, 4) is 0 Å². The minimum absolute atomic E-state index is 0.0189. The molecule has 0 aliphatic heterocycles. The monoisotopic (exact) mass is 337 g/mol. The fourth-order valence-electron chi connectivity index (χ4n) is 3.18. The van der Waals surface area contributed by atoms with E-state index in [4.69, 9.17) is 0 Å². The summed E-state index contributed by atoms with van der Waals surface area (Å²) in [4.78, 5) is 16.8. The van der Waals surface area contributed by atoms with Gasteiger partial charge in [-0.1, -0.05) is 0 Å². The summed E-state index contributed by atoms with van der Waals surface area (Å²) in [5.41, 5.74) is 3.38. The van der Waals surface area contributed by atoms with Crippen molar-refractivity contribution in [3.05, 3.63) is 46.9 Å². The van der Waals surface area contributed by atoms with Crippen LogP contribution in [-0.4, -0.2) is 28.7 Å². The van der Waals surface area contributed by atoms with Crippen molar-refractivity contribution in [1.82, 2.24) is 28.7 Å². The molecule has 0 atom stereocenters. The topological polar surface area (TPSA) is 82.0 Å². The van der Waals surface area contributed by atoms with Crippen molar-refractivity contribution >= 4 is 28.2 Å². The van der Waals surface area contributed by atoms with Gasteiger partial charge < -0.3 is 5.32 Å². The second-order valence-electron chi connectivity index (χ2n) is 5.82. The van der Waals surface area contributed by atoms with E-state index in [-0.39, 0.29) is 5.69 Å². The maximum atomic E-state index is 12.5. The fraction of sp³-hybridized carbons (Fsp3) is 0.294. The lowest BCUT2D eigenvalue weighted by Crippen LogP contribution is -2.23. The van der Waals surface area contributed by atoms with E-state index in [0.717, 1.165) is 22.5 Å². The van der Waals surface area contributed by atoms with Gasteiger partial charge in [0, 0.05) is 31.2 Å². The number of fused-ring (bicyclic) bond motifs is 2. The van der Waals surface area contributed by atoms with Gasteiger partial charge in [-0.2, -0.15) is 0 Å². The molecule has 0 fully saturated rings. The number of nitrogens with one attached hydrogen (secondary N) is 1. The fourth-order valence-corrected chi connectivity index (χ4v) is 3.18. The highest BCUT2D eigenvalue weighted by atomic mass is 16.1. The first-order chi connectivity index (χ1) is 12.1. The number of aryl methyl sites for hydroxylation is 3. The predicted octanol–water partition coefficient (Wildman–Crippen LogP) is 2.33. The van der Waals surface area contributed by atoms with Crippen LogP contribution in [0.25, 0.3) is 16.7 Å². The first-order valence-corrected chi connectivity index (χ1v) is 8.30. The molecule has 1 aromatic carbocycles. The van der Waals surface area contributed by atoms with Crippen molar-refractivity contribution in [2.24, 2.45) is 0 Å². The number of hydrogen-bond acceptors (Lipinski definition) is 5. The Morgan fingerprint density at radius 2 is 1.84 bits per heavy atom. The number of aromatic nitrogens is 6. The van der Waals surface area contributed by atoms with Crippen LogP contribution in [0.5, 0.6) is 0 Å². The molecule has 0 bridgehead atoms. The van der Waals surface area contributed by atoms with Crippen molar-refractivity contribution < 1.29 is 0 Å². The summed E-state index contributed by atoms with van der Waals surface area (Å²) in [6.45, 7) is 7.12. The summed E-state index contributed by atoms with van der Waals surface area (Å²) < 4.78 is 5.44. The van der Waals surface area contributed by atoms with E-state index < -0.39 is 0 Å². The molecule has 0 aliphatic rings. The lowest BCUT2D eigenvalue weighted by molar-refractivity contribution is 0.671. The van der Waals surface area contributed by atoms with Gasteiger partial charge in [-0.15, -0.1) is 10.2 Å². The van der Waals surface area contributed by atoms with Gasteiger partial charge in [0.1, 0.15) is 5.82 Å². The first-order valence-electron chi connectivity index (χ1n) is 8.30. The number of hydrogen-bond donors (Lipinski definition) is 1. The average molecular weight is 337 g/mol. The van der Waals surface area contributed by atoms with Crippen molar-refractivity contribution in [2.75, 3.05) is 5.32 Å². The zero-order valence-corrected chi connectivity index (χ0v) is 14.4. The second-order valence-corrected chi connectivity index (χ2v) is 5.82.